The van der Waals surface area contributed by atoms with E-state index in [-0.39, 0.29) is 41.0 Å². The molecule has 0 spiro atoms. The van der Waals surface area contributed by atoms with E-state index in [4.69, 9.17) is 0 Å². The number of non-ortho nitro benzene ring substituents is 2. The summed E-state index contributed by atoms with van der Waals surface area (Å²) in [5, 5.41) is 76.2. The van der Waals surface area contributed by atoms with Crippen molar-refractivity contribution in [2.24, 2.45) is 20.2 Å². The van der Waals surface area contributed by atoms with Crippen LogP contribution in [0.3, 0.4) is 0 Å². The monoisotopic (exact) mass is 740 g/mol. The number of benzene rings is 4. The molecule has 2 N–H and O–H groups in total. The Hall–Kier alpha value is -6.99. The topological polar surface area (TPSA) is 286 Å². The Morgan fingerprint density at radius 2 is 0.941 bits per heavy atom. The Morgan fingerprint density at radius 1 is 0.608 bits per heavy atom. The maximum atomic E-state index is 12.1. The summed E-state index contributed by atoms with van der Waals surface area (Å²) in [6.07, 6.45) is 0. The molecule has 0 aliphatic carbocycles. The molecule has 51 heavy (non-hydrogen) atoms. The van der Waals surface area contributed by atoms with Gasteiger partial charge in [-0.25, -0.2) is 0 Å². The van der Waals surface area contributed by atoms with Crippen LogP contribution in [0, 0.1) is 20.2 Å². The second-order valence-electron chi connectivity index (χ2n) is 9.64. The minimum absolute atomic E-state index is 0. The zero-order chi connectivity index (χ0) is 36.8. The molecule has 4 aromatic rings. The molecular weight excluding hydrogens is 715 g/mol. The van der Waals surface area contributed by atoms with Crippen molar-refractivity contribution in [3.05, 3.63) is 117 Å². The number of nitro benzene ring substituents is 2. The molecule has 262 valence electrons. The van der Waals surface area contributed by atoms with Crippen LogP contribution < -0.4 is 31.3 Å². The number of hydrogen-bond acceptors (Lipinski definition) is 16. The number of Topliss-reactive ketones (excluding diaryl/α,β-unsaturated/α-hetero) is 2. The number of nitro groups is 2. The van der Waals surface area contributed by atoms with Crippen molar-refractivity contribution >= 4 is 68.9 Å². The number of rotatable bonds is 12. The fraction of sp³-hybridized carbons (Fsp3) is 0.0625. The first kappa shape index (κ1) is 40.2. The van der Waals surface area contributed by atoms with Crippen LogP contribution >= 0.6 is 0 Å². The van der Waals surface area contributed by atoms with Gasteiger partial charge in [-0.15, -0.1) is 0 Å². The normalized spacial score (nSPS) is 11.6. The number of nitrogens with zero attached hydrogens (tertiary/aromatic N) is 6. The predicted octanol–water partition coefficient (Wildman–Crippen LogP) is 2.34. The molecule has 0 bridgehead atoms. The molecule has 18 nitrogen and oxygen atoms in total. The Balaban J connectivity index is 0.000000501. The van der Waals surface area contributed by atoms with Crippen molar-refractivity contribution in [2.75, 3.05) is 10.9 Å². The molecule has 0 aliphatic rings. The molecule has 0 heterocycles. The van der Waals surface area contributed by atoms with Crippen molar-refractivity contribution in [1.82, 2.24) is 0 Å². The van der Waals surface area contributed by atoms with Gasteiger partial charge in [0.15, 0.2) is 11.6 Å². The number of hydrogen-bond donors (Lipinski definition) is 2. The first-order valence-electron chi connectivity index (χ1n) is 14.0. The molecule has 0 saturated carbocycles. The molecule has 4 aromatic carbocycles. The van der Waals surface area contributed by atoms with Gasteiger partial charge in [0.25, 0.3) is 11.4 Å². The minimum Gasteiger partial charge on any atom is -0.871 e. The van der Waals surface area contributed by atoms with Gasteiger partial charge in [0, 0.05) is 49.9 Å². The number of para-hydroxylation sites is 2. The van der Waals surface area contributed by atoms with E-state index in [9.17, 15) is 50.2 Å². The van der Waals surface area contributed by atoms with Gasteiger partial charge in [-0.3, -0.25) is 50.7 Å². The van der Waals surface area contributed by atoms with Crippen LogP contribution in [-0.2, 0) is 26.4 Å². The number of aliphatic imine (C=N–C) groups is 2. The van der Waals surface area contributed by atoms with Gasteiger partial charge in [0.05, 0.1) is 32.6 Å². The SMILES string of the molecule is CC(=O)/C(=N/Nc1cc([N+](=O)[O-])ccc1[O-])C([O-])=Nc1ccccc1.CC(=O)/C(=N/Nc1cc([N+](=O)[O-])ccc1[O-])C([O-])=Nc1ccccc1.[Co+3].[H+]. The standard InChI is InChI=1S/2C16H14N4O5.Co/c2*1-10(21)15(16(23)17-11-5-3-2-4-6-11)19-18-13-9-12(20(24)25)7-8-14(13)22;/h2*2-9,18,22H,1H3,(H,17,23);/q;;+3/p-3/b2*19-15-;. The van der Waals surface area contributed by atoms with Crippen LogP contribution in [0.25, 0.3) is 0 Å². The van der Waals surface area contributed by atoms with Crippen LogP contribution in [0.4, 0.5) is 34.1 Å². The summed E-state index contributed by atoms with van der Waals surface area (Å²) < 4.78 is 0. The van der Waals surface area contributed by atoms with Gasteiger partial charge in [0.1, 0.15) is 11.4 Å². The van der Waals surface area contributed by atoms with Crippen molar-refractivity contribution in [1.29, 1.82) is 0 Å². The summed E-state index contributed by atoms with van der Waals surface area (Å²) in [5.41, 5.74) is 2.92. The molecule has 0 unspecified atom stereocenters. The van der Waals surface area contributed by atoms with Crippen LogP contribution in [0.15, 0.2) is 117 Å². The zero-order valence-corrected chi connectivity index (χ0v) is 27.4. The van der Waals surface area contributed by atoms with E-state index in [1.165, 1.54) is 0 Å². The molecule has 4 rings (SSSR count). The van der Waals surface area contributed by atoms with Crippen molar-refractivity contribution < 1.29 is 58.1 Å². The van der Waals surface area contributed by atoms with Gasteiger partial charge in [0.2, 0.25) is 0 Å². The second kappa shape index (κ2) is 19.1. The van der Waals surface area contributed by atoms with Crippen LogP contribution in [0.1, 0.15) is 15.3 Å². The van der Waals surface area contributed by atoms with E-state index in [1.807, 2.05) is 0 Å². The van der Waals surface area contributed by atoms with Gasteiger partial charge in [-0.1, -0.05) is 60.0 Å². The Morgan fingerprint density at radius 3 is 1.24 bits per heavy atom. The number of carbonyl (C=O) groups is 2. The first-order valence-corrected chi connectivity index (χ1v) is 14.0. The van der Waals surface area contributed by atoms with Crippen LogP contribution in [0.5, 0.6) is 11.5 Å². The first-order chi connectivity index (χ1) is 23.8. The fourth-order valence-corrected chi connectivity index (χ4v) is 3.57. The molecule has 0 atom stereocenters. The molecular formula is C32H25CoN8O10. The number of hydrazone groups is 2. The van der Waals surface area contributed by atoms with E-state index in [0.717, 1.165) is 50.2 Å². The van der Waals surface area contributed by atoms with Crippen molar-refractivity contribution in [3.63, 3.8) is 0 Å². The summed E-state index contributed by atoms with van der Waals surface area (Å²) in [6, 6.07) is 22.4. The predicted molar refractivity (Wildman–Crippen MR) is 177 cm³/mol. The summed E-state index contributed by atoms with van der Waals surface area (Å²) >= 11 is 0. The van der Waals surface area contributed by atoms with Crippen LogP contribution in [0.2, 0.25) is 0 Å². The van der Waals surface area contributed by atoms with E-state index < -0.39 is 56.1 Å². The average Bonchev–Trinajstić information content (AvgIpc) is 3.07. The van der Waals surface area contributed by atoms with Gasteiger partial charge >= 0.3 is 18.2 Å². The fourth-order valence-electron chi connectivity index (χ4n) is 3.57. The molecule has 0 aliphatic heterocycles. The summed E-state index contributed by atoms with van der Waals surface area (Å²) in [7, 11) is 0. The Labute approximate surface area is 300 Å². The molecule has 0 amide bonds. The maximum Gasteiger partial charge on any atom is 3.00 e. The molecule has 19 heteroatoms. The molecule has 0 aromatic heterocycles. The van der Waals surface area contributed by atoms with Gasteiger partial charge < -0.3 is 20.4 Å². The number of carbonyl (C=O) groups excluding carboxylic acids is 2. The zero-order valence-electron chi connectivity index (χ0n) is 27.3. The van der Waals surface area contributed by atoms with Gasteiger partial charge in [-0.05, 0) is 24.3 Å². The third kappa shape index (κ3) is 12.2. The largest absolute Gasteiger partial charge is 3.00 e. The van der Waals surface area contributed by atoms with E-state index >= 15 is 0 Å². The minimum atomic E-state index is -0.899. The van der Waals surface area contributed by atoms with E-state index in [0.29, 0.717) is 11.4 Å². The molecule has 0 radical (unpaired) electrons. The molecule has 0 saturated heterocycles. The number of ketones is 2. The Bertz CT molecular complexity index is 1880. The van der Waals surface area contributed by atoms with Crippen molar-refractivity contribution in [3.8, 4) is 11.5 Å². The third-order valence-corrected chi connectivity index (χ3v) is 5.97. The van der Waals surface area contributed by atoms with Crippen molar-refractivity contribution in [2.45, 2.75) is 13.8 Å². The number of nitrogens with one attached hydrogen (secondary N) is 2. The quantitative estimate of drug-likeness (QED) is 0.0916. The van der Waals surface area contributed by atoms with E-state index in [2.05, 4.69) is 31.0 Å². The molecule has 0 fully saturated rings. The second-order valence-corrected chi connectivity index (χ2v) is 9.64. The summed E-state index contributed by atoms with van der Waals surface area (Å²) in [4.78, 5) is 50.8. The summed E-state index contributed by atoms with van der Waals surface area (Å²) in [6.45, 7) is 2.23. The van der Waals surface area contributed by atoms with Gasteiger partial charge in [-0.2, -0.15) is 10.2 Å². The number of anilines is 2. The Kier molecular flexibility index (Phi) is 15.1. The average molecular weight is 741 g/mol. The third-order valence-electron chi connectivity index (χ3n) is 5.97. The summed E-state index contributed by atoms with van der Waals surface area (Å²) in [5.74, 6) is -4.30. The van der Waals surface area contributed by atoms with Crippen LogP contribution in [-0.4, -0.2) is 44.6 Å². The maximum absolute atomic E-state index is 12.1. The smallest absolute Gasteiger partial charge is 0.871 e. The van der Waals surface area contributed by atoms with E-state index in [1.54, 1.807) is 60.7 Å².